The number of hydrogen-bond acceptors (Lipinski definition) is 6. The van der Waals surface area contributed by atoms with E-state index < -0.39 is 61.5 Å². The lowest BCUT2D eigenvalue weighted by molar-refractivity contribution is -0.137. The number of carbonyl (C=O) groups excluding carboxylic acids is 2. The van der Waals surface area contributed by atoms with E-state index in [1.165, 1.54) is 11.0 Å². The van der Waals surface area contributed by atoms with E-state index >= 15 is 0 Å². The van der Waals surface area contributed by atoms with Gasteiger partial charge in [0.25, 0.3) is 5.91 Å². The summed E-state index contributed by atoms with van der Waals surface area (Å²) in [5, 5.41) is 1.51. The lowest BCUT2D eigenvalue weighted by Crippen LogP contribution is -2.45. The highest BCUT2D eigenvalue weighted by Crippen LogP contribution is 2.43. The van der Waals surface area contributed by atoms with Gasteiger partial charge in [-0.2, -0.15) is 18.2 Å². The normalized spacial score (nSPS) is 22.2. The Hall–Kier alpha value is -2.77. The van der Waals surface area contributed by atoms with E-state index in [-0.39, 0.29) is 28.8 Å². The third kappa shape index (κ3) is 7.29. The summed E-state index contributed by atoms with van der Waals surface area (Å²) in [6, 6.07) is 10.2. The van der Waals surface area contributed by atoms with Crippen LogP contribution in [0.1, 0.15) is 31.9 Å². The summed E-state index contributed by atoms with van der Waals surface area (Å²) in [4.78, 5) is 31.6. The van der Waals surface area contributed by atoms with E-state index in [0.717, 1.165) is 29.5 Å². The molecule has 0 radical (unpaired) electrons. The molecule has 14 heteroatoms. The summed E-state index contributed by atoms with van der Waals surface area (Å²) in [5.41, 5.74) is -1.20. The topological polar surface area (TPSA) is 105 Å². The van der Waals surface area contributed by atoms with Gasteiger partial charge in [0, 0.05) is 17.4 Å². The van der Waals surface area contributed by atoms with Crippen molar-refractivity contribution < 1.29 is 35.9 Å². The Kier molecular flexibility index (Phi) is 8.49. The van der Waals surface area contributed by atoms with Crippen molar-refractivity contribution in [3.63, 3.8) is 0 Å². The lowest BCUT2D eigenvalue weighted by Gasteiger charge is -2.26. The van der Waals surface area contributed by atoms with Gasteiger partial charge in [0.2, 0.25) is 0 Å². The number of ether oxygens (including phenoxy) is 1. The van der Waals surface area contributed by atoms with Gasteiger partial charge in [-0.25, -0.2) is 13.2 Å². The standard InChI is InChI=1S/C26H27ClF3N3O5S2/c1-25(2,3)38-24(35)31-19(11-15-7-5-4-6-8-15)22(34)32-23-33(20-13-40(36,37)14-21(20)39-23)16-9-10-18(27)17(12-16)26(28,29)30/h4-10,12,19-21H,11,13-14H2,1-3H3,(H,31,35)/t19-,20+,21-/m1/s1. The molecule has 0 aromatic heterocycles. The number of fused-ring (bicyclic) bond motifs is 1. The van der Waals surface area contributed by atoms with Gasteiger partial charge >= 0.3 is 12.3 Å². The van der Waals surface area contributed by atoms with Crippen molar-refractivity contribution in [3.05, 3.63) is 64.7 Å². The molecular weight excluding hydrogens is 591 g/mol. The minimum atomic E-state index is -4.76. The number of benzene rings is 2. The fraction of sp³-hybridized carbons (Fsp3) is 0.423. The van der Waals surface area contributed by atoms with Crippen molar-refractivity contribution in [2.75, 3.05) is 16.4 Å². The van der Waals surface area contributed by atoms with E-state index in [2.05, 4.69) is 10.3 Å². The lowest BCUT2D eigenvalue weighted by atomic mass is 10.1. The van der Waals surface area contributed by atoms with Gasteiger partial charge in [0.1, 0.15) is 11.6 Å². The highest BCUT2D eigenvalue weighted by molar-refractivity contribution is 8.16. The monoisotopic (exact) mass is 617 g/mol. The molecular formula is C26H27ClF3N3O5S2. The Morgan fingerprint density at radius 1 is 1.15 bits per heavy atom. The molecule has 0 unspecified atom stereocenters. The fourth-order valence-electron chi connectivity index (χ4n) is 4.42. The first kappa shape index (κ1) is 30.2. The zero-order chi connectivity index (χ0) is 29.5. The Bertz CT molecular complexity index is 1430. The zero-order valence-electron chi connectivity index (χ0n) is 21.7. The third-order valence-corrected chi connectivity index (χ3v) is 9.62. The molecule has 1 N–H and O–H groups in total. The number of anilines is 1. The molecule has 2 fully saturated rings. The number of halogens is 4. The molecule has 2 aliphatic heterocycles. The highest BCUT2D eigenvalue weighted by atomic mass is 35.5. The van der Waals surface area contributed by atoms with Crippen molar-refractivity contribution in [1.82, 2.24) is 5.32 Å². The second kappa shape index (κ2) is 11.2. The van der Waals surface area contributed by atoms with Gasteiger partial charge in [-0.1, -0.05) is 53.7 Å². The van der Waals surface area contributed by atoms with Crippen molar-refractivity contribution in [3.8, 4) is 0 Å². The van der Waals surface area contributed by atoms with Crippen molar-refractivity contribution >= 4 is 56.1 Å². The average molecular weight is 618 g/mol. The number of sulfone groups is 1. The smallest absolute Gasteiger partial charge is 0.417 e. The van der Waals surface area contributed by atoms with Crippen molar-refractivity contribution in [2.24, 2.45) is 4.99 Å². The number of alkyl carbamates (subject to hydrolysis) is 1. The maximum absolute atomic E-state index is 13.6. The van der Waals surface area contributed by atoms with Gasteiger partial charge in [-0.05, 0) is 44.5 Å². The van der Waals surface area contributed by atoms with Crippen LogP contribution >= 0.6 is 23.4 Å². The van der Waals surface area contributed by atoms with Crippen LogP contribution in [0.4, 0.5) is 23.7 Å². The molecule has 8 nitrogen and oxygen atoms in total. The molecule has 216 valence electrons. The molecule has 3 atom stereocenters. The molecule has 2 amide bonds. The quantitative estimate of drug-likeness (QED) is 0.498. The molecule has 2 aliphatic rings. The molecule has 2 heterocycles. The molecule has 0 aliphatic carbocycles. The van der Waals surface area contributed by atoms with Crippen LogP contribution in [-0.4, -0.2) is 60.0 Å². The number of aliphatic imine (C=N–C) groups is 1. The first-order chi connectivity index (χ1) is 18.5. The minimum absolute atomic E-state index is 0.0000795. The van der Waals surface area contributed by atoms with E-state index in [1.54, 1.807) is 51.1 Å². The number of thioether (sulfide) groups is 1. The number of nitrogens with one attached hydrogen (secondary N) is 1. The highest BCUT2D eigenvalue weighted by Gasteiger charge is 2.50. The first-order valence-corrected chi connectivity index (χ1v) is 15.3. The van der Waals surface area contributed by atoms with E-state index in [4.69, 9.17) is 16.3 Å². The number of carbonyl (C=O) groups is 2. The zero-order valence-corrected chi connectivity index (χ0v) is 24.1. The average Bonchev–Trinajstić information content (AvgIpc) is 3.28. The van der Waals surface area contributed by atoms with Crippen LogP contribution in [-0.2, 0) is 32.0 Å². The Labute approximate surface area is 239 Å². The number of alkyl halides is 3. The minimum Gasteiger partial charge on any atom is -0.444 e. The van der Waals surface area contributed by atoms with Gasteiger partial charge < -0.3 is 15.0 Å². The molecule has 2 saturated heterocycles. The molecule has 40 heavy (non-hydrogen) atoms. The van der Waals surface area contributed by atoms with Crippen LogP contribution in [0.2, 0.25) is 5.02 Å². The van der Waals surface area contributed by atoms with Crippen LogP contribution in [0.25, 0.3) is 0 Å². The van der Waals surface area contributed by atoms with E-state index in [9.17, 15) is 31.2 Å². The second-order valence-corrected chi connectivity index (χ2v) is 14.2. The summed E-state index contributed by atoms with van der Waals surface area (Å²) in [5.74, 6) is -1.30. The van der Waals surface area contributed by atoms with Crippen LogP contribution in [0, 0.1) is 0 Å². The van der Waals surface area contributed by atoms with Crippen LogP contribution < -0.4 is 10.2 Å². The predicted molar refractivity (Wildman–Crippen MR) is 148 cm³/mol. The van der Waals surface area contributed by atoms with E-state index in [0.29, 0.717) is 0 Å². The predicted octanol–water partition coefficient (Wildman–Crippen LogP) is 5.10. The Morgan fingerprint density at radius 3 is 2.45 bits per heavy atom. The molecule has 0 bridgehead atoms. The first-order valence-electron chi connectivity index (χ1n) is 12.2. The maximum Gasteiger partial charge on any atom is 0.417 e. The van der Waals surface area contributed by atoms with Crippen molar-refractivity contribution in [1.29, 1.82) is 0 Å². The Balaban J connectivity index is 1.71. The molecule has 0 spiro atoms. The van der Waals surface area contributed by atoms with Gasteiger partial charge in [0.05, 0.1) is 28.1 Å². The largest absolute Gasteiger partial charge is 0.444 e. The van der Waals surface area contributed by atoms with Gasteiger partial charge in [0.15, 0.2) is 15.0 Å². The van der Waals surface area contributed by atoms with Crippen LogP contribution in [0.15, 0.2) is 53.5 Å². The summed E-state index contributed by atoms with van der Waals surface area (Å²) in [7, 11) is -3.46. The summed E-state index contributed by atoms with van der Waals surface area (Å²) < 4.78 is 70.9. The molecule has 2 aromatic carbocycles. The maximum atomic E-state index is 13.6. The molecule has 4 rings (SSSR count). The van der Waals surface area contributed by atoms with Gasteiger partial charge in [-0.3, -0.25) is 4.79 Å². The SMILES string of the molecule is CC(C)(C)OC(=O)N[C@H](Cc1ccccc1)C(=O)N=C1S[C@@H]2CS(=O)(=O)C[C@@H]2N1c1ccc(Cl)c(C(F)(F)F)c1. The third-order valence-electron chi connectivity index (χ3n) is 6.08. The van der Waals surface area contributed by atoms with Crippen LogP contribution in [0.5, 0.6) is 0 Å². The second-order valence-electron chi connectivity index (χ2n) is 10.5. The molecule has 0 saturated carbocycles. The number of nitrogens with zero attached hydrogens (tertiary/aromatic N) is 2. The van der Waals surface area contributed by atoms with Gasteiger partial charge in [-0.15, -0.1) is 0 Å². The summed E-state index contributed by atoms with van der Waals surface area (Å²) in [6.07, 6.45) is -5.53. The fourth-order valence-corrected chi connectivity index (χ4v) is 8.56. The van der Waals surface area contributed by atoms with Crippen LogP contribution in [0.3, 0.4) is 0 Å². The Morgan fingerprint density at radius 2 is 1.82 bits per heavy atom. The number of amidine groups is 1. The number of hydrogen-bond donors (Lipinski definition) is 1. The number of amides is 2. The van der Waals surface area contributed by atoms with Crippen molar-refractivity contribution in [2.45, 2.75) is 56.3 Å². The molecule has 2 aromatic rings. The summed E-state index contributed by atoms with van der Waals surface area (Å²) in [6.45, 7) is 5.01. The van der Waals surface area contributed by atoms with E-state index in [1.807, 2.05) is 0 Å². The summed E-state index contributed by atoms with van der Waals surface area (Å²) >= 11 is 6.80. The number of rotatable bonds is 5.